The summed E-state index contributed by atoms with van der Waals surface area (Å²) in [5, 5.41) is 2.94. The molecule has 2 aromatic rings. The molecule has 1 aliphatic carbocycles. The predicted octanol–water partition coefficient (Wildman–Crippen LogP) is 5.31. The second kappa shape index (κ2) is 6.39. The van der Waals surface area contributed by atoms with Crippen molar-refractivity contribution in [2.75, 3.05) is 5.32 Å². The Morgan fingerprint density at radius 1 is 1.45 bits per heavy atom. The number of hydrogen-bond acceptors (Lipinski definition) is 2. The molecule has 1 heterocycles. The summed E-state index contributed by atoms with van der Waals surface area (Å²) in [5.74, 6) is -0.0615. The molecule has 2 nitrogen and oxygen atoms in total. The monoisotopic (exact) mass is 337 g/mol. The molecule has 0 aliphatic heterocycles. The lowest BCUT2D eigenvalue weighted by atomic mass is 9.87. The second-order valence-corrected chi connectivity index (χ2v) is 7.23. The van der Waals surface area contributed by atoms with Crippen LogP contribution in [0, 0.1) is 11.7 Å². The zero-order valence-electron chi connectivity index (χ0n) is 12.3. The maximum atomic E-state index is 13.8. The van der Waals surface area contributed by atoms with Crippen molar-refractivity contribution in [2.45, 2.75) is 32.6 Å². The van der Waals surface area contributed by atoms with Gasteiger partial charge in [-0.1, -0.05) is 24.9 Å². The van der Waals surface area contributed by atoms with Crippen LogP contribution in [0.2, 0.25) is 5.02 Å². The van der Waals surface area contributed by atoms with E-state index in [0.29, 0.717) is 15.8 Å². The molecule has 1 aromatic heterocycles. The zero-order chi connectivity index (χ0) is 15.7. The van der Waals surface area contributed by atoms with E-state index in [4.69, 9.17) is 11.6 Å². The van der Waals surface area contributed by atoms with Gasteiger partial charge in [0.15, 0.2) is 0 Å². The summed E-state index contributed by atoms with van der Waals surface area (Å²) in [4.78, 5) is 14.3. The summed E-state index contributed by atoms with van der Waals surface area (Å²) in [6, 6.07) is 6.20. The Hall–Kier alpha value is -1.39. The maximum Gasteiger partial charge on any atom is 0.265 e. The minimum absolute atomic E-state index is 0.159. The largest absolute Gasteiger partial charge is 0.319 e. The third-order valence-electron chi connectivity index (χ3n) is 4.17. The van der Waals surface area contributed by atoms with Crippen LogP contribution < -0.4 is 5.32 Å². The molecular weight excluding hydrogens is 321 g/mol. The fraction of sp³-hybridized carbons (Fsp3) is 0.353. The first kappa shape index (κ1) is 15.5. The van der Waals surface area contributed by atoms with Gasteiger partial charge in [0, 0.05) is 9.90 Å². The summed E-state index contributed by atoms with van der Waals surface area (Å²) in [6.07, 6.45) is 4.45. The number of amides is 1. The predicted molar refractivity (Wildman–Crippen MR) is 89.5 cm³/mol. The summed E-state index contributed by atoms with van der Waals surface area (Å²) < 4.78 is 13.8. The van der Waals surface area contributed by atoms with Crippen LogP contribution in [0.3, 0.4) is 0 Å². The van der Waals surface area contributed by atoms with Gasteiger partial charge in [-0.25, -0.2) is 4.39 Å². The molecule has 22 heavy (non-hydrogen) atoms. The number of halogens is 2. The zero-order valence-corrected chi connectivity index (χ0v) is 13.9. The third-order valence-corrected chi connectivity index (χ3v) is 5.64. The van der Waals surface area contributed by atoms with E-state index in [-0.39, 0.29) is 11.6 Å². The lowest BCUT2D eigenvalue weighted by Gasteiger charge is -2.19. The van der Waals surface area contributed by atoms with E-state index in [1.807, 2.05) is 6.07 Å². The number of benzene rings is 1. The highest BCUT2D eigenvalue weighted by molar-refractivity contribution is 7.14. The number of anilines is 1. The van der Waals surface area contributed by atoms with Crippen molar-refractivity contribution < 1.29 is 9.18 Å². The van der Waals surface area contributed by atoms with Gasteiger partial charge in [0.05, 0.1) is 10.6 Å². The highest BCUT2D eigenvalue weighted by atomic mass is 35.5. The molecule has 0 radical (unpaired) electrons. The average molecular weight is 338 g/mol. The Morgan fingerprint density at radius 2 is 2.27 bits per heavy atom. The van der Waals surface area contributed by atoms with Crippen LogP contribution in [0.4, 0.5) is 10.1 Å². The molecular formula is C17H17ClFNOS. The first-order valence-corrected chi connectivity index (χ1v) is 8.64. The number of carbonyl (C=O) groups excluding carboxylic acids is 1. The number of fused-ring (bicyclic) bond motifs is 1. The van der Waals surface area contributed by atoms with Crippen LogP contribution >= 0.6 is 22.9 Å². The Bertz CT molecular complexity index is 713. The molecule has 0 saturated carbocycles. The van der Waals surface area contributed by atoms with E-state index in [1.165, 1.54) is 46.8 Å². The Kier molecular flexibility index (Phi) is 4.50. The molecule has 0 fully saturated rings. The van der Waals surface area contributed by atoms with Crippen molar-refractivity contribution in [1.82, 2.24) is 0 Å². The topological polar surface area (TPSA) is 29.1 Å². The normalized spacial score (nSPS) is 17.1. The Balaban J connectivity index is 1.77. The Morgan fingerprint density at radius 3 is 3.00 bits per heavy atom. The standard InChI is InChI=1S/C17H17ClFNOS/c1-2-10-3-6-15-11(7-10)8-16(22-15)17(21)20-14-5-4-12(18)9-13(14)19/h4-5,8-10H,2-3,6-7H2,1H3,(H,20,21)/t10-/m1/s1. The fourth-order valence-electron chi connectivity index (χ4n) is 2.83. The van der Waals surface area contributed by atoms with Gasteiger partial charge in [0.25, 0.3) is 5.91 Å². The van der Waals surface area contributed by atoms with Gasteiger partial charge in [-0.3, -0.25) is 4.79 Å². The number of thiophene rings is 1. The molecule has 1 aliphatic rings. The van der Waals surface area contributed by atoms with Crippen LogP contribution in [0.5, 0.6) is 0 Å². The minimum Gasteiger partial charge on any atom is -0.319 e. The molecule has 1 N–H and O–H groups in total. The molecule has 1 aromatic carbocycles. The first-order valence-electron chi connectivity index (χ1n) is 7.44. The molecule has 0 unspecified atom stereocenters. The smallest absolute Gasteiger partial charge is 0.265 e. The van der Waals surface area contributed by atoms with Crippen molar-refractivity contribution in [1.29, 1.82) is 0 Å². The molecule has 5 heteroatoms. The van der Waals surface area contributed by atoms with E-state index in [1.54, 1.807) is 6.07 Å². The number of rotatable bonds is 3. The lowest BCUT2D eigenvalue weighted by molar-refractivity contribution is 0.103. The van der Waals surface area contributed by atoms with Gasteiger partial charge in [-0.05, 0) is 55.0 Å². The second-order valence-electron chi connectivity index (χ2n) is 5.65. The molecule has 1 atom stereocenters. The molecule has 116 valence electrons. The summed E-state index contributed by atoms with van der Waals surface area (Å²) >= 11 is 7.24. The van der Waals surface area contributed by atoms with Crippen LogP contribution in [-0.2, 0) is 12.8 Å². The quantitative estimate of drug-likeness (QED) is 0.808. The molecule has 1 amide bonds. The van der Waals surface area contributed by atoms with E-state index in [2.05, 4.69) is 12.2 Å². The molecule has 0 saturated heterocycles. The number of aryl methyl sites for hydroxylation is 1. The Labute approximate surface area is 138 Å². The molecule has 0 bridgehead atoms. The van der Waals surface area contributed by atoms with Crippen molar-refractivity contribution in [3.05, 3.63) is 50.4 Å². The van der Waals surface area contributed by atoms with E-state index >= 15 is 0 Å². The SMILES string of the molecule is CC[C@@H]1CCc2sc(C(=O)Nc3ccc(Cl)cc3F)cc2C1. The third kappa shape index (κ3) is 3.18. The number of nitrogens with one attached hydrogen (secondary N) is 1. The average Bonchev–Trinajstić information content (AvgIpc) is 2.93. The summed E-state index contributed by atoms with van der Waals surface area (Å²) in [5.41, 5.74) is 1.44. The van der Waals surface area contributed by atoms with E-state index in [0.717, 1.165) is 12.8 Å². The molecule has 3 rings (SSSR count). The maximum absolute atomic E-state index is 13.8. The van der Waals surface area contributed by atoms with Crippen molar-refractivity contribution in [2.24, 2.45) is 5.92 Å². The van der Waals surface area contributed by atoms with Gasteiger partial charge in [-0.2, -0.15) is 0 Å². The van der Waals surface area contributed by atoms with Gasteiger partial charge in [0.1, 0.15) is 5.82 Å². The van der Waals surface area contributed by atoms with Crippen LogP contribution in [0.25, 0.3) is 0 Å². The van der Waals surface area contributed by atoms with Crippen LogP contribution in [0.1, 0.15) is 39.9 Å². The van der Waals surface area contributed by atoms with Crippen molar-refractivity contribution in [3.8, 4) is 0 Å². The van der Waals surface area contributed by atoms with Crippen LogP contribution in [0.15, 0.2) is 24.3 Å². The van der Waals surface area contributed by atoms with Gasteiger partial charge < -0.3 is 5.32 Å². The molecule has 0 spiro atoms. The van der Waals surface area contributed by atoms with Gasteiger partial charge >= 0.3 is 0 Å². The fourth-order valence-corrected chi connectivity index (χ4v) is 4.10. The number of carbonyl (C=O) groups is 1. The van der Waals surface area contributed by atoms with Crippen LogP contribution in [-0.4, -0.2) is 5.91 Å². The number of hydrogen-bond donors (Lipinski definition) is 1. The van der Waals surface area contributed by atoms with E-state index < -0.39 is 5.82 Å². The van der Waals surface area contributed by atoms with Gasteiger partial charge in [0.2, 0.25) is 0 Å². The minimum atomic E-state index is -0.520. The summed E-state index contributed by atoms with van der Waals surface area (Å²) in [6.45, 7) is 2.21. The highest BCUT2D eigenvalue weighted by Crippen LogP contribution is 2.34. The lowest BCUT2D eigenvalue weighted by Crippen LogP contribution is -2.11. The highest BCUT2D eigenvalue weighted by Gasteiger charge is 2.22. The van der Waals surface area contributed by atoms with E-state index in [9.17, 15) is 9.18 Å². The first-order chi connectivity index (χ1) is 10.6. The van der Waals surface area contributed by atoms with Gasteiger partial charge in [-0.15, -0.1) is 11.3 Å². The van der Waals surface area contributed by atoms with Crippen molar-refractivity contribution in [3.63, 3.8) is 0 Å². The summed E-state index contributed by atoms with van der Waals surface area (Å²) in [7, 11) is 0. The van der Waals surface area contributed by atoms with Crippen molar-refractivity contribution >= 4 is 34.5 Å².